The Hall–Kier alpha value is -1.38. The van der Waals surface area contributed by atoms with E-state index in [0.29, 0.717) is 21.4 Å². The van der Waals surface area contributed by atoms with Crippen LogP contribution in [0.25, 0.3) is 0 Å². The fourth-order valence-corrected chi connectivity index (χ4v) is 2.14. The molecule has 0 aliphatic heterocycles. The Labute approximate surface area is 110 Å². The van der Waals surface area contributed by atoms with Crippen LogP contribution in [0.15, 0.2) is 36.4 Å². The van der Waals surface area contributed by atoms with E-state index < -0.39 is 0 Å². The van der Waals surface area contributed by atoms with E-state index in [1.54, 1.807) is 18.2 Å². The van der Waals surface area contributed by atoms with Gasteiger partial charge in [-0.05, 0) is 42.8 Å². The predicted molar refractivity (Wildman–Crippen MR) is 75.3 cm³/mol. The molecular formula is C13H12Cl2N2. The fraction of sp³-hybridized carbons (Fsp3) is 0.0769. The van der Waals surface area contributed by atoms with Crippen LogP contribution in [0.4, 0.5) is 17.1 Å². The topological polar surface area (TPSA) is 38.0 Å². The molecule has 0 unspecified atom stereocenters. The van der Waals surface area contributed by atoms with Gasteiger partial charge in [0.25, 0.3) is 0 Å². The minimum Gasteiger partial charge on any atom is -0.399 e. The smallest absolute Gasteiger partial charge is 0.0762 e. The highest BCUT2D eigenvalue weighted by Crippen LogP contribution is 2.33. The van der Waals surface area contributed by atoms with Crippen LogP contribution in [0.2, 0.25) is 10.0 Å². The van der Waals surface area contributed by atoms with Crippen molar-refractivity contribution < 1.29 is 0 Å². The van der Waals surface area contributed by atoms with Crippen molar-refractivity contribution in [2.24, 2.45) is 0 Å². The molecule has 88 valence electrons. The Morgan fingerprint density at radius 1 is 1.06 bits per heavy atom. The molecule has 2 aromatic rings. The van der Waals surface area contributed by atoms with E-state index in [9.17, 15) is 0 Å². The van der Waals surface area contributed by atoms with Gasteiger partial charge in [-0.1, -0.05) is 29.3 Å². The zero-order chi connectivity index (χ0) is 12.4. The number of halogens is 2. The maximum Gasteiger partial charge on any atom is 0.0762 e. The Morgan fingerprint density at radius 3 is 2.29 bits per heavy atom. The molecule has 0 aromatic heterocycles. The third-order valence-corrected chi connectivity index (χ3v) is 2.96. The first kappa shape index (κ1) is 12.1. The van der Waals surface area contributed by atoms with Gasteiger partial charge in [0.2, 0.25) is 0 Å². The van der Waals surface area contributed by atoms with Crippen LogP contribution >= 0.6 is 23.2 Å². The van der Waals surface area contributed by atoms with Gasteiger partial charge >= 0.3 is 0 Å². The van der Waals surface area contributed by atoms with Gasteiger partial charge in [-0.3, -0.25) is 0 Å². The third-order valence-electron chi connectivity index (χ3n) is 2.33. The number of aryl methyl sites for hydroxylation is 1. The lowest BCUT2D eigenvalue weighted by Gasteiger charge is -2.11. The van der Waals surface area contributed by atoms with Crippen LogP contribution in [-0.2, 0) is 0 Å². The second kappa shape index (κ2) is 4.86. The standard InChI is InChI=1S/C13H12Cl2N2/c1-8-5-9(16)7-10(6-8)17-13-11(14)3-2-4-12(13)15/h2-7,17H,16H2,1H3. The van der Waals surface area contributed by atoms with Crippen molar-refractivity contribution in [3.05, 3.63) is 52.0 Å². The van der Waals surface area contributed by atoms with Crippen LogP contribution in [0, 0.1) is 6.92 Å². The van der Waals surface area contributed by atoms with Crippen molar-refractivity contribution in [1.82, 2.24) is 0 Å². The van der Waals surface area contributed by atoms with E-state index in [4.69, 9.17) is 28.9 Å². The van der Waals surface area contributed by atoms with Crippen LogP contribution in [0.5, 0.6) is 0 Å². The van der Waals surface area contributed by atoms with Gasteiger partial charge in [-0.15, -0.1) is 0 Å². The van der Waals surface area contributed by atoms with Gasteiger partial charge in [0.05, 0.1) is 15.7 Å². The summed E-state index contributed by atoms with van der Waals surface area (Å²) in [5, 5.41) is 4.34. The first-order chi connectivity index (χ1) is 8.06. The van der Waals surface area contributed by atoms with Gasteiger partial charge in [0, 0.05) is 11.4 Å². The minimum absolute atomic E-state index is 0.581. The molecule has 0 heterocycles. The van der Waals surface area contributed by atoms with Crippen molar-refractivity contribution in [1.29, 1.82) is 0 Å². The largest absolute Gasteiger partial charge is 0.399 e. The average molecular weight is 267 g/mol. The van der Waals surface area contributed by atoms with Gasteiger partial charge < -0.3 is 11.1 Å². The number of nitrogen functional groups attached to an aromatic ring is 1. The molecule has 4 heteroatoms. The zero-order valence-electron chi connectivity index (χ0n) is 9.30. The van der Waals surface area contributed by atoms with E-state index in [1.165, 1.54) is 0 Å². The van der Waals surface area contributed by atoms with E-state index in [0.717, 1.165) is 11.3 Å². The predicted octanol–water partition coefficient (Wildman–Crippen LogP) is 4.63. The molecule has 3 N–H and O–H groups in total. The molecule has 0 atom stereocenters. The SMILES string of the molecule is Cc1cc(N)cc(Nc2c(Cl)cccc2Cl)c1. The molecule has 0 saturated heterocycles. The number of nitrogens with one attached hydrogen (secondary N) is 1. The summed E-state index contributed by atoms with van der Waals surface area (Å²) in [4.78, 5) is 0. The van der Waals surface area contributed by atoms with E-state index in [2.05, 4.69) is 5.32 Å². The second-order valence-corrected chi connectivity index (χ2v) is 4.67. The van der Waals surface area contributed by atoms with Gasteiger partial charge in [0.1, 0.15) is 0 Å². The first-order valence-corrected chi connectivity index (χ1v) is 5.90. The Morgan fingerprint density at radius 2 is 1.71 bits per heavy atom. The molecule has 2 aromatic carbocycles. The highest BCUT2D eigenvalue weighted by molar-refractivity contribution is 6.39. The number of nitrogens with two attached hydrogens (primary N) is 1. The highest BCUT2D eigenvalue weighted by Gasteiger charge is 2.05. The van der Waals surface area contributed by atoms with Crippen LogP contribution in [-0.4, -0.2) is 0 Å². The molecule has 0 fully saturated rings. The molecular weight excluding hydrogens is 255 g/mol. The normalized spacial score (nSPS) is 10.3. The van der Waals surface area contributed by atoms with Gasteiger partial charge in [-0.25, -0.2) is 0 Å². The second-order valence-electron chi connectivity index (χ2n) is 3.85. The molecule has 0 aliphatic rings. The lowest BCUT2D eigenvalue weighted by molar-refractivity contribution is 1.45. The molecule has 0 amide bonds. The molecule has 2 rings (SSSR count). The van der Waals surface area contributed by atoms with Crippen molar-refractivity contribution in [2.75, 3.05) is 11.1 Å². The molecule has 0 spiro atoms. The maximum absolute atomic E-state index is 6.08. The highest BCUT2D eigenvalue weighted by atomic mass is 35.5. The number of hydrogen-bond donors (Lipinski definition) is 2. The van der Waals surface area contributed by atoms with E-state index >= 15 is 0 Å². The molecule has 2 nitrogen and oxygen atoms in total. The van der Waals surface area contributed by atoms with Crippen LogP contribution < -0.4 is 11.1 Å². The molecule has 0 bridgehead atoms. The Bertz CT molecular complexity index is 513. The van der Waals surface area contributed by atoms with E-state index in [-0.39, 0.29) is 0 Å². The van der Waals surface area contributed by atoms with E-state index in [1.807, 2.05) is 25.1 Å². The number of rotatable bonds is 2. The van der Waals surface area contributed by atoms with Crippen molar-refractivity contribution in [3.63, 3.8) is 0 Å². The molecule has 0 radical (unpaired) electrons. The molecule has 17 heavy (non-hydrogen) atoms. The maximum atomic E-state index is 6.08. The summed E-state index contributed by atoms with van der Waals surface area (Å²) >= 11 is 12.2. The van der Waals surface area contributed by atoms with Crippen molar-refractivity contribution >= 4 is 40.3 Å². The van der Waals surface area contributed by atoms with Crippen LogP contribution in [0.1, 0.15) is 5.56 Å². The fourth-order valence-electron chi connectivity index (χ4n) is 1.65. The quantitative estimate of drug-likeness (QED) is 0.778. The lowest BCUT2D eigenvalue weighted by Crippen LogP contribution is -1.95. The summed E-state index contributed by atoms with van der Waals surface area (Å²) in [7, 11) is 0. The number of hydrogen-bond acceptors (Lipinski definition) is 2. The first-order valence-electron chi connectivity index (χ1n) is 5.14. The summed E-state index contributed by atoms with van der Waals surface area (Å²) in [5.74, 6) is 0. The molecule has 0 saturated carbocycles. The third kappa shape index (κ3) is 2.84. The summed E-state index contributed by atoms with van der Waals surface area (Å²) in [6, 6.07) is 11.1. The number of benzene rings is 2. The average Bonchev–Trinajstić information content (AvgIpc) is 2.22. The minimum atomic E-state index is 0.581. The Kier molecular flexibility index (Phi) is 3.46. The molecule has 0 aliphatic carbocycles. The number of anilines is 3. The summed E-state index contributed by atoms with van der Waals surface area (Å²) in [5.41, 5.74) is 9.13. The Balaban J connectivity index is 2.38. The summed E-state index contributed by atoms with van der Waals surface area (Å²) in [6.45, 7) is 1.98. The van der Waals surface area contributed by atoms with Crippen LogP contribution in [0.3, 0.4) is 0 Å². The summed E-state index contributed by atoms with van der Waals surface area (Å²) in [6.07, 6.45) is 0. The summed E-state index contributed by atoms with van der Waals surface area (Å²) < 4.78 is 0. The van der Waals surface area contributed by atoms with Crippen molar-refractivity contribution in [2.45, 2.75) is 6.92 Å². The lowest BCUT2D eigenvalue weighted by atomic mass is 10.2. The number of para-hydroxylation sites is 1. The zero-order valence-corrected chi connectivity index (χ0v) is 10.8. The van der Waals surface area contributed by atoms with Crippen molar-refractivity contribution in [3.8, 4) is 0 Å². The van der Waals surface area contributed by atoms with Gasteiger partial charge in [-0.2, -0.15) is 0 Å². The monoisotopic (exact) mass is 266 g/mol. The van der Waals surface area contributed by atoms with Gasteiger partial charge in [0.15, 0.2) is 0 Å².